The molecular formula is C21H25F3N4O2S. The smallest absolute Gasteiger partial charge is 0.365 e. The number of anilines is 1. The molecule has 168 valence electrons. The van der Waals surface area contributed by atoms with Gasteiger partial charge in [0.05, 0.1) is 30.3 Å². The highest BCUT2D eigenvalue weighted by molar-refractivity contribution is 7.19. The number of nitrogens with zero attached hydrogens (tertiary/aromatic N) is 3. The molecule has 1 saturated carbocycles. The quantitative estimate of drug-likeness (QED) is 0.715. The van der Waals surface area contributed by atoms with Crippen molar-refractivity contribution in [3.8, 4) is 10.4 Å². The molecule has 0 radical (unpaired) electrons. The Hall–Kier alpha value is -2.20. The topological polar surface area (TPSA) is 67.3 Å². The Kier molecular flexibility index (Phi) is 6.20. The van der Waals surface area contributed by atoms with Gasteiger partial charge in [0.25, 0.3) is 0 Å². The van der Waals surface area contributed by atoms with Gasteiger partial charge in [0.15, 0.2) is 11.2 Å². The molecule has 1 N–H and O–H groups in total. The fourth-order valence-corrected chi connectivity index (χ4v) is 4.75. The van der Waals surface area contributed by atoms with Gasteiger partial charge in [-0.1, -0.05) is 11.3 Å². The zero-order valence-corrected chi connectivity index (χ0v) is 18.3. The second kappa shape index (κ2) is 8.74. The van der Waals surface area contributed by atoms with Crippen LogP contribution in [0.5, 0.6) is 0 Å². The van der Waals surface area contributed by atoms with Gasteiger partial charge in [0.1, 0.15) is 0 Å². The lowest BCUT2D eigenvalue weighted by molar-refractivity contribution is -0.221. The van der Waals surface area contributed by atoms with E-state index in [0.717, 1.165) is 34.7 Å². The normalized spacial score (nSPS) is 19.5. The van der Waals surface area contributed by atoms with E-state index in [1.54, 1.807) is 4.90 Å². The minimum Gasteiger partial charge on any atom is -0.365 e. The molecule has 1 saturated heterocycles. The molecule has 2 fully saturated rings. The van der Waals surface area contributed by atoms with Gasteiger partial charge < -0.3 is 15.0 Å². The van der Waals surface area contributed by atoms with Crippen molar-refractivity contribution in [3.63, 3.8) is 0 Å². The number of aryl methyl sites for hydroxylation is 2. The number of rotatable bonds is 6. The number of carbonyl (C=O) groups is 1. The molecule has 10 heteroatoms. The van der Waals surface area contributed by atoms with Crippen LogP contribution in [0.25, 0.3) is 10.4 Å². The number of amides is 1. The predicted molar refractivity (Wildman–Crippen MR) is 112 cm³/mol. The largest absolute Gasteiger partial charge is 0.416 e. The first-order valence-corrected chi connectivity index (χ1v) is 11.2. The summed E-state index contributed by atoms with van der Waals surface area (Å²) < 4.78 is 44.4. The molecule has 4 rings (SSSR count). The zero-order valence-electron chi connectivity index (χ0n) is 17.5. The van der Waals surface area contributed by atoms with Gasteiger partial charge in [-0.2, -0.15) is 13.2 Å². The molecular weight excluding hydrogens is 429 g/mol. The van der Waals surface area contributed by atoms with Crippen LogP contribution in [0.2, 0.25) is 0 Å². The number of pyridine rings is 1. The fourth-order valence-electron chi connectivity index (χ4n) is 3.65. The lowest BCUT2D eigenvalue weighted by atomic mass is 10.1. The van der Waals surface area contributed by atoms with E-state index in [1.807, 2.05) is 26.0 Å². The Labute approximate surface area is 182 Å². The standard InChI is InChI=1S/C21H25F3N4O2S/c1-12-7-15(8-13(2)26-12)19-16(10-25-18(29)9-14-3-4-14)27-20(31-19)28-5-6-30-17(11-28)21(22,23)24/h7-8,14,17H,3-6,9-11H2,1-2H3,(H,25,29). The molecule has 31 heavy (non-hydrogen) atoms. The van der Waals surface area contributed by atoms with Gasteiger partial charge in [-0.3, -0.25) is 9.78 Å². The summed E-state index contributed by atoms with van der Waals surface area (Å²) in [5, 5.41) is 3.43. The summed E-state index contributed by atoms with van der Waals surface area (Å²) in [6.07, 6.45) is -3.56. The van der Waals surface area contributed by atoms with E-state index in [1.165, 1.54) is 11.3 Å². The van der Waals surface area contributed by atoms with E-state index in [0.29, 0.717) is 29.7 Å². The minimum absolute atomic E-state index is 0.0139. The maximum absolute atomic E-state index is 13.2. The third-order valence-electron chi connectivity index (χ3n) is 5.36. The SMILES string of the molecule is Cc1cc(-c2sc(N3CCOC(C(F)(F)F)C3)nc2CNC(=O)CC2CC2)cc(C)n1. The van der Waals surface area contributed by atoms with Crippen LogP contribution in [0, 0.1) is 19.8 Å². The predicted octanol–water partition coefficient (Wildman–Crippen LogP) is 4.01. The van der Waals surface area contributed by atoms with Gasteiger partial charge in [-0.25, -0.2) is 4.98 Å². The second-order valence-corrected chi connectivity index (χ2v) is 9.16. The first-order chi connectivity index (χ1) is 14.7. The van der Waals surface area contributed by atoms with Crippen molar-refractivity contribution in [1.29, 1.82) is 0 Å². The molecule has 1 atom stereocenters. The van der Waals surface area contributed by atoms with Gasteiger partial charge in [0.2, 0.25) is 5.91 Å². The third-order valence-corrected chi connectivity index (χ3v) is 6.56. The van der Waals surface area contributed by atoms with Crippen molar-refractivity contribution in [2.45, 2.75) is 51.9 Å². The van der Waals surface area contributed by atoms with Crippen LogP contribution in [-0.4, -0.2) is 47.9 Å². The van der Waals surface area contributed by atoms with Crippen LogP contribution in [-0.2, 0) is 16.1 Å². The Morgan fingerprint density at radius 3 is 2.61 bits per heavy atom. The third kappa shape index (κ3) is 5.54. The molecule has 0 aromatic carbocycles. The highest BCUT2D eigenvalue weighted by atomic mass is 32.1. The van der Waals surface area contributed by atoms with Gasteiger partial charge in [0, 0.05) is 24.4 Å². The number of hydrogen-bond donors (Lipinski definition) is 1. The Balaban J connectivity index is 1.60. The first kappa shape index (κ1) is 22.0. The number of morpholine rings is 1. The number of aromatic nitrogens is 2. The van der Waals surface area contributed by atoms with Crippen molar-refractivity contribution in [2.75, 3.05) is 24.6 Å². The number of nitrogens with one attached hydrogen (secondary N) is 1. The molecule has 2 aliphatic rings. The van der Waals surface area contributed by atoms with Crippen LogP contribution in [0.15, 0.2) is 12.1 Å². The molecule has 1 aliphatic heterocycles. The molecule has 0 spiro atoms. The Morgan fingerprint density at radius 1 is 1.26 bits per heavy atom. The van der Waals surface area contributed by atoms with E-state index in [4.69, 9.17) is 4.74 Å². The van der Waals surface area contributed by atoms with E-state index in [-0.39, 0.29) is 25.6 Å². The maximum atomic E-state index is 13.2. The van der Waals surface area contributed by atoms with Crippen molar-refractivity contribution < 1.29 is 22.7 Å². The summed E-state index contributed by atoms with van der Waals surface area (Å²) in [6, 6.07) is 3.86. The molecule has 6 nitrogen and oxygen atoms in total. The lowest BCUT2D eigenvalue weighted by Gasteiger charge is -2.33. The Bertz CT molecular complexity index is 938. The molecule has 1 amide bonds. The highest BCUT2D eigenvalue weighted by Crippen LogP contribution is 2.37. The van der Waals surface area contributed by atoms with Gasteiger partial charge in [-0.15, -0.1) is 0 Å². The average molecular weight is 455 g/mol. The number of halogens is 3. The molecule has 2 aromatic heterocycles. The monoisotopic (exact) mass is 454 g/mol. The molecule has 2 aromatic rings. The van der Waals surface area contributed by atoms with E-state index < -0.39 is 12.3 Å². The summed E-state index contributed by atoms with van der Waals surface area (Å²) in [7, 11) is 0. The van der Waals surface area contributed by atoms with Crippen LogP contribution in [0.4, 0.5) is 18.3 Å². The minimum atomic E-state index is -4.42. The summed E-state index contributed by atoms with van der Waals surface area (Å²) in [5.74, 6) is 0.456. The van der Waals surface area contributed by atoms with Crippen molar-refractivity contribution in [3.05, 3.63) is 29.2 Å². The highest BCUT2D eigenvalue weighted by Gasteiger charge is 2.44. The van der Waals surface area contributed by atoms with Crippen LogP contribution in [0.1, 0.15) is 36.3 Å². The van der Waals surface area contributed by atoms with Crippen LogP contribution in [0.3, 0.4) is 0 Å². The number of ether oxygens (including phenoxy) is 1. The molecule has 1 aliphatic carbocycles. The second-order valence-electron chi connectivity index (χ2n) is 8.18. The summed E-state index contributed by atoms with van der Waals surface area (Å²) in [6.45, 7) is 4.06. The average Bonchev–Trinajstić information content (AvgIpc) is 3.40. The number of carbonyl (C=O) groups excluding carboxylic acids is 1. The van der Waals surface area contributed by atoms with E-state index in [2.05, 4.69) is 15.3 Å². The molecule has 3 heterocycles. The van der Waals surface area contributed by atoms with Crippen molar-refractivity contribution in [2.24, 2.45) is 5.92 Å². The van der Waals surface area contributed by atoms with Crippen molar-refractivity contribution in [1.82, 2.24) is 15.3 Å². The van der Waals surface area contributed by atoms with Crippen LogP contribution < -0.4 is 10.2 Å². The van der Waals surface area contributed by atoms with Crippen LogP contribution >= 0.6 is 11.3 Å². The van der Waals surface area contributed by atoms with Crippen molar-refractivity contribution >= 4 is 22.4 Å². The first-order valence-electron chi connectivity index (χ1n) is 10.3. The number of hydrogen-bond acceptors (Lipinski definition) is 6. The summed E-state index contributed by atoms with van der Waals surface area (Å²) in [5.41, 5.74) is 3.25. The molecule has 0 bridgehead atoms. The fraction of sp³-hybridized carbons (Fsp3) is 0.571. The lowest BCUT2D eigenvalue weighted by Crippen LogP contribution is -2.49. The Morgan fingerprint density at radius 2 is 1.97 bits per heavy atom. The van der Waals surface area contributed by atoms with E-state index >= 15 is 0 Å². The van der Waals surface area contributed by atoms with E-state index in [9.17, 15) is 18.0 Å². The summed E-state index contributed by atoms with van der Waals surface area (Å²) >= 11 is 1.34. The van der Waals surface area contributed by atoms with Gasteiger partial charge in [-0.05, 0) is 50.3 Å². The summed E-state index contributed by atoms with van der Waals surface area (Å²) in [4.78, 5) is 23.7. The zero-order chi connectivity index (χ0) is 22.2. The number of thiazole rings is 1. The van der Waals surface area contributed by atoms with Gasteiger partial charge >= 0.3 is 6.18 Å². The number of alkyl halides is 3. The maximum Gasteiger partial charge on any atom is 0.416 e. The molecule has 1 unspecified atom stereocenters.